The van der Waals surface area contributed by atoms with E-state index in [-0.39, 0.29) is 60.5 Å². The van der Waals surface area contributed by atoms with Gasteiger partial charge in [0.25, 0.3) is 11.8 Å². The molecule has 6 heterocycles. The number of piperazine rings is 1. The first-order valence-electron chi connectivity index (χ1n) is 18.4. The van der Waals surface area contributed by atoms with Crippen LogP contribution in [-0.4, -0.2) is 108 Å². The third-order valence-corrected chi connectivity index (χ3v) is 11.8. The maximum atomic E-state index is 13.6. The van der Waals surface area contributed by atoms with Crippen LogP contribution in [-0.2, 0) is 29.3 Å². The van der Waals surface area contributed by atoms with E-state index in [0.29, 0.717) is 56.3 Å². The number of amides is 6. The number of benzene rings is 2. The van der Waals surface area contributed by atoms with Gasteiger partial charge in [-0.1, -0.05) is 36.7 Å². The highest BCUT2D eigenvalue weighted by Gasteiger charge is 2.46. The molecular formula is C39H40ClN7O7. The fourth-order valence-electron chi connectivity index (χ4n) is 8.54. The first kappa shape index (κ1) is 35.7. The van der Waals surface area contributed by atoms with Gasteiger partial charge in [-0.05, 0) is 61.6 Å². The highest BCUT2D eigenvalue weighted by molar-refractivity contribution is 6.32. The van der Waals surface area contributed by atoms with Crippen molar-refractivity contribution < 1.29 is 33.5 Å². The highest BCUT2D eigenvalue weighted by atomic mass is 35.5. The summed E-state index contributed by atoms with van der Waals surface area (Å²) in [5, 5.41) is 6.28. The Balaban J connectivity index is 0.854. The van der Waals surface area contributed by atoms with Crippen LogP contribution in [0, 0.1) is 0 Å². The molecule has 8 rings (SSSR count). The van der Waals surface area contributed by atoms with E-state index < -0.39 is 29.7 Å². The van der Waals surface area contributed by atoms with Crippen molar-refractivity contribution in [3.8, 4) is 0 Å². The number of carbonyl (C=O) groups is 6. The van der Waals surface area contributed by atoms with Gasteiger partial charge in [0.1, 0.15) is 25.0 Å². The van der Waals surface area contributed by atoms with Crippen LogP contribution >= 0.6 is 11.6 Å². The quantitative estimate of drug-likeness (QED) is 0.327. The van der Waals surface area contributed by atoms with Gasteiger partial charge in [0, 0.05) is 67.0 Å². The lowest BCUT2D eigenvalue weighted by Gasteiger charge is -2.36. The van der Waals surface area contributed by atoms with Gasteiger partial charge in [0.2, 0.25) is 23.6 Å². The summed E-state index contributed by atoms with van der Waals surface area (Å²) in [6, 6.07) is 13.8. The summed E-state index contributed by atoms with van der Waals surface area (Å²) >= 11 is 6.67. The van der Waals surface area contributed by atoms with Crippen LogP contribution in [0.4, 0.5) is 17.2 Å². The number of anilines is 3. The Bertz CT molecular complexity index is 2090. The third kappa shape index (κ3) is 6.06. The number of pyridine rings is 1. The fraction of sp³-hybridized carbons (Fsp3) is 0.410. The zero-order chi connectivity index (χ0) is 37.7. The van der Waals surface area contributed by atoms with Crippen LogP contribution in [0.5, 0.6) is 0 Å². The number of hydrogen-bond donors (Lipinski definition) is 2. The lowest BCUT2D eigenvalue weighted by atomic mass is 9.74. The molecule has 0 saturated carbocycles. The van der Waals surface area contributed by atoms with Crippen molar-refractivity contribution in [3.05, 3.63) is 82.0 Å². The number of rotatable bonds is 8. The zero-order valence-electron chi connectivity index (χ0n) is 29.8. The first-order chi connectivity index (χ1) is 26.1. The maximum Gasteiger partial charge on any atom is 0.264 e. The number of piperidine rings is 2. The average Bonchev–Trinajstić information content (AvgIpc) is 3.70. The monoisotopic (exact) mass is 753 g/mol. The molecule has 14 nitrogen and oxygen atoms in total. The van der Waals surface area contributed by atoms with E-state index in [4.69, 9.17) is 16.3 Å². The summed E-state index contributed by atoms with van der Waals surface area (Å²) in [6.45, 7) is 4.34. The van der Waals surface area contributed by atoms with E-state index in [1.165, 1.54) is 4.90 Å². The molecule has 3 saturated heterocycles. The molecule has 3 aromatic rings. The predicted molar refractivity (Wildman–Crippen MR) is 198 cm³/mol. The molecule has 0 aliphatic carbocycles. The Morgan fingerprint density at radius 1 is 0.981 bits per heavy atom. The van der Waals surface area contributed by atoms with Crippen molar-refractivity contribution in [2.45, 2.75) is 56.6 Å². The van der Waals surface area contributed by atoms with Crippen LogP contribution in [0.25, 0.3) is 0 Å². The molecule has 2 atom stereocenters. The van der Waals surface area contributed by atoms with Crippen LogP contribution in [0.3, 0.4) is 0 Å². The molecular weight excluding hydrogens is 714 g/mol. The summed E-state index contributed by atoms with van der Waals surface area (Å²) < 4.78 is 6.05. The maximum absolute atomic E-state index is 13.6. The van der Waals surface area contributed by atoms with Gasteiger partial charge in [-0.2, -0.15) is 0 Å². The zero-order valence-corrected chi connectivity index (χ0v) is 30.6. The summed E-state index contributed by atoms with van der Waals surface area (Å²) in [5.74, 6) is -1.81. The third-order valence-electron chi connectivity index (χ3n) is 11.5. The number of halogens is 1. The lowest BCUT2D eigenvalue weighted by molar-refractivity contribution is -0.142. The van der Waals surface area contributed by atoms with Crippen molar-refractivity contribution in [1.29, 1.82) is 0 Å². The molecule has 5 aliphatic rings. The molecule has 5 aliphatic heterocycles. The number of carbonyl (C=O) groups excluding carboxylic acids is 6. The number of nitrogens with one attached hydrogen (secondary N) is 2. The van der Waals surface area contributed by atoms with Crippen LogP contribution in [0.15, 0.2) is 54.7 Å². The molecule has 0 bridgehead atoms. The Morgan fingerprint density at radius 2 is 1.78 bits per heavy atom. The van der Waals surface area contributed by atoms with Crippen molar-refractivity contribution >= 4 is 64.2 Å². The van der Waals surface area contributed by atoms with E-state index in [1.54, 1.807) is 35.4 Å². The minimum Gasteiger partial charge on any atom is -0.371 e. The molecule has 54 heavy (non-hydrogen) atoms. The molecule has 2 N–H and O–H groups in total. The van der Waals surface area contributed by atoms with Gasteiger partial charge >= 0.3 is 0 Å². The van der Waals surface area contributed by atoms with Crippen molar-refractivity contribution in [1.82, 2.24) is 20.1 Å². The summed E-state index contributed by atoms with van der Waals surface area (Å²) in [4.78, 5) is 88.4. The first-order valence-corrected chi connectivity index (χ1v) is 18.8. The number of fused-ring (bicyclic) bond motifs is 2. The van der Waals surface area contributed by atoms with Crippen LogP contribution in [0.1, 0.15) is 70.9 Å². The number of nitrogens with zero attached hydrogens (tertiary/aromatic N) is 5. The second kappa shape index (κ2) is 14.1. The van der Waals surface area contributed by atoms with Crippen molar-refractivity contribution in [2.75, 3.05) is 61.0 Å². The summed E-state index contributed by atoms with van der Waals surface area (Å²) in [6.07, 6.45) is 3.58. The summed E-state index contributed by atoms with van der Waals surface area (Å²) in [7, 11) is 0. The highest BCUT2D eigenvalue weighted by Crippen LogP contribution is 2.47. The minimum absolute atomic E-state index is 0.0500. The number of aromatic nitrogens is 1. The molecule has 2 aromatic carbocycles. The molecule has 0 spiro atoms. The fourth-order valence-corrected chi connectivity index (χ4v) is 8.86. The van der Waals surface area contributed by atoms with E-state index in [1.807, 2.05) is 23.1 Å². The largest absolute Gasteiger partial charge is 0.371 e. The van der Waals surface area contributed by atoms with Gasteiger partial charge in [-0.25, -0.2) is 4.98 Å². The molecule has 0 radical (unpaired) electrons. The second-order valence-electron chi connectivity index (χ2n) is 14.4. The SMILES string of the molecule is CCC1(c2cccc(N3CCN(C(=O)COC4CCN(c5cccc6c5C(=O)N(C5CCC(=O)NC5=O)C6=O)CC4)CC3=O)c2)CNc2nccc(Cl)c21. The van der Waals surface area contributed by atoms with E-state index in [9.17, 15) is 28.8 Å². The van der Waals surface area contributed by atoms with Gasteiger partial charge in [-0.15, -0.1) is 0 Å². The number of imide groups is 2. The standard InChI is InChI=1S/C39H40ClN7O7/c1-2-39(22-42-35-34(39)27(40)11-14-41-35)23-5-3-6-24(19-23)46-18-17-45(20-31(46)49)32(50)21-54-25-12-15-44(16-13-25)28-8-4-7-26-33(28)38(53)47(37(26)52)29-9-10-30(48)43-36(29)51/h3-8,11,14,19,25,29H,2,9-10,12-13,15-18,20-22H2,1H3,(H,41,42)(H,43,48,51). The smallest absolute Gasteiger partial charge is 0.264 e. The Labute approximate surface area is 316 Å². The molecule has 3 fully saturated rings. The number of ether oxygens (including phenoxy) is 1. The topological polar surface area (TPSA) is 162 Å². The number of hydrogen-bond acceptors (Lipinski definition) is 10. The van der Waals surface area contributed by atoms with Crippen LogP contribution in [0.2, 0.25) is 5.02 Å². The molecule has 15 heteroatoms. The van der Waals surface area contributed by atoms with Gasteiger partial charge in [0.15, 0.2) is 0 Å². The Kier molecular flexibility index (Phi) is 9.34. The van der Waals surface area contributed by atoms with E-state index in [0.717, 1.165) is 34.0 Å². The van der Waals surface area contributed by atoms with Crippen molar-refractivity contribution in [3.63, 3.8) is 0 Å². The molecule has 6 amide bonds. The van der Waals surface area contributed by atoms with Crippen LogP contribution < -0.4 is 20.4 Å². The lowest BCUT2D eigenvalue weighted by Crippen LogP contribution is -2.54. The molecule has 2 unspecified atom stereocenters. The second-order valence-corrected chi connectivity index (χ2v) is 14.8. The molecule has 1 aromatic heterocycles. The van der Waals surface area contributed by atoms with Gasteiger partial charge in [-0.3, -0.25) is 39.0 Å². The molecule has 280 valence electrons. The Hall–Kier alpha value is -5.34. The van der Waals surface area contributed by atoms with Gasteiger partial charge in [0.05, 0.1) is 22.9 Å². The predicted octanol–water partition coefficient (Wildman–Crippen LogP) is 3.12. The van der Waals surface area contributed by atoms with E-state index >= 15 is 0 Å². The minimum atomic E-state index is -1.03. The van der Waals surface area contributed by atoms with Gasteiger partial charge < -0.3 is 24.8 Å². The Morgan fingerprint density at radius 3 is 2.54 bits per heavy atom. The average molecular weight is 754 g/mol. The van der Waals surface area contributed by atoms with Crippen molar-refractivity contribution in [2.24, 2.45) is 0 Å². The van der Waals surface area contributed by atoms with E-state index in [2.05, 4.69) is 28.6 Å². The normalized spacial score (nSPS) is 23.1. The summed E-state index contributed by atoms with van der Waals surface area (Å²) in [5.41, 5.74) is 3.48.